The molecule has 0 aliphatic carbocycles. The van der Waals surface area contributed by atoms with Gasteiger partial charge in [0.15, 0.2) is 11.5 Å². The van der Waals surface area contributed by atoms with E-state index in [-0.39, 0.29) is 17.0 Å². The first kappa shape index (κ1) is 13.6. The van der Waals surface area contributed by atoms with Gasteiger partial charge in [-0.2, -0.15) is 0 Å². The van der Waals surface area contributed by atoms with Crippen molar-refractivity contribution in [1.82, 2.24) is 9.97 Å². The number of aryl methyl sites for hydroxylation is 1. The van der Waals surface area contributed by atoms with E-state index in [1.165, 1.54) is 0 Å². The molecule has 1 aromatic carbocycles. The number of rotatable bonds is 2. The van der Waals surface area contributed by atoms with Crippen LogP contribution in [-0.2, 0) is 0 Å². The summed E-state index contributed by atoms with van der Waals surface area (Å²) < 4.78 is 10.9. The minimum Gasteiger partial charge on any atom is -0.486 e. The number of fused-ring (bicyclic) bond motifs is 1. The Hall–Kier alpha value is -2.34. The number of hydrogen-bond donors (Lipinski definition) is 1. The predicted molar refractivity (Wildman–Crippen MR) is 77.2 cm³/mol. The van der Waals surface area contributed by atoms with E-state index in [1.54, 1.807) is 31.2 Å². The maximum absolute atomic E-state index is 12.2. The molecular formula is C14H12ClN3O3. The lowest BCUT2D eigenvalue weighted by Crippen LogP contribution is -2.18. The van der Waals surface area contributed by atoms with Crippen LogP contribution in [0.5, 0.6) is 11.5 Å². The molecule has 1 aromatic heterocycles. The van der Waals surface area contributed by atoms with Crippen LogP contribution in [0.3, 0.4) is 0 Å². The Balaban J connectivity index is 1.82. The zero-order chi connectivity index (χ0) is 14.8. The van der Waals surface area contributed by atoms with Crippen LogP contribution in [0.25, 0.3) is 0 Å². The molecule has 0 fully saturated rings. The Morgan fingerprint density at radius 3 is 2.71 bits per heavy atom. The number of hydrogen-bond acceptors (Lipinski definition) is 5. The van der Waals surface area contributed by atoms with Gasteiger partial charge in [0.25, 0.3) is 5.91 Å². The van der Waals surface area contributed by atoms with Crippen LogP contribution in [0.2, 0.25) is 5.15 Å². The summed E-state index contributed by atoms with van der Waals surface area (Å²) >= 11 is 5.84. The maximum atomic E-state index is 12.2. The summed E-state index contributed by atoms with van der Waals surface area (Å²) in [5.41, 5.74) is 1.10. The Labute approximate surface area is 126 Å². The summed E-state index contributed by atoms with van der Waals surface area (Å²) in [6.45, 7) is 2.75. The van der Waals surface area contributed by atoms with Crippen LogP contribution < -0.4 is 14.8 Å². The highest BCUT2D eigenvalue weighted by Crippen LogP contribution is 2.30. The molecule has 1 N–H and O–H groups in total. The van der Waals surface area contributed by atoms with Crippen molar-refractivity contribution < 1.29 is 14.3 Å². The average molecular weight is 306 g/mol. The fraction of sp³-hybridized carbons (Fsp3) is 0.214. The molecule has 1 aliphatic rings. The fourth-order valence-corrected chi connectivity index (χ4v) is 2.18. The minimum atomic E-state index is -0.339. The van der Waals surface area contributed by atoms with Gasteiger partial charge in [-0.1, -0.05) is 11.6 Å². The lowest BCUT2D eigenvalue weighted by molar-refractivity contribution is 0.102. The largest absolute Gasteiger partial charge is 0.486 e. The van der Waals surface area contributed by atoms with Crippen molar-refractivity contribution in [3.8, 4) is 11.5 Å². The normalized spacial score (nSPS) is 12.9. The molecule has 6 nitrogen and oxygen atoms in total. The zero-order valence-electron chi connectivity index (χ0n) is 11.2. The Kier molecular flexibility index (Phi) is 3.62. The second kappa shape index (κ2) is 5.57. The number of halogens is 1. The van der Waals surface area contributed by atoms with E-state index in [2.05, 4.69) is 15.3 Å². The van der Waals surface area contributed by atoms with Gasteiger partial charge in [0, 0.05) is 11.3 Å². The van der Waals surface area contributed by atoms with Crippen molar-refractivity contribution in [1.29, 1.82) is 0 Å². The number of nitrogens with one attached hydrogen (secondary N) is 1. The quantitative estimate of drug-likeness (QED) is 0.863. The first-order valence-corrected chi connectivity index (χ1v) is 6.72. The van der Waals surface area contributed by atoms with Gasteiger partial charge in [-0.3, -0.25) is 10.1 Å². The van der Waals surface area contributed by atoms with Crippen molar-refractivity contribution in [2.24, 2.45) is 0 Å². The Bertz CT molecular complexity index is 686. The minimum absolute atomic E-state index is 0.167. The van der Waals surface area contributed by atoms with E-state index in [1.807, 2.05) is 0 Å². The second-order valence-corrected chi connectivity index (χ2v) is 4.86. The van der Waals surface area contributed by atoms with Crippen LogP contribution in [0, 0.1) is 6.92 Å². The lowest BCUT2D eigenvalue weighted by atomic mass is 10.2. The Morgan fingerprint density at radius 2 is 1.95 bits per heavy atom. The summed E-state index contributed by atoms with van der Waals surface area (Å²) in [7, 11) is 0. The topological polar surface area (TPSA) is 73.3 Å². The molecule has 3 rings (SSSR count). The summed E-state index contributed by atoms with van der Waals surface area (Å²) in [6.07, 6.45) is 0. The number of aromatic nitrogens is 2. The van der Waals surface area contributed by atoms with Gasteiger partial charge in [0.2, 0.25) is 5.95 Å². The van der Waals surface area contributed by atoms with Crippen LogP contribution in [0.4, 0.5) is 5.95 Å². The van der Waals surface area contributed by atoms with Gasteiger partial charge < -0.3 is 9.47 Å². The third-order valence-electron chi connectivity index (χ3n) is 2.85. The third kappa shape index (κ3) is 3.05. The first-order valence-electron chi connectivity index (χ1n) is 6.34. The van der Waals surface area contributed by atoms with Crippen LogP contribution >= 0.6 is 11.6 Å². The highest BCUT2D eigenvalue weighted by Gasteiger charge is 2.15. The molecule has 1 aliphatic heterocycles. The summed E-state index contributed by atoms with van der Waals surface area (Å²) in [4.78, 5) is 20.2. The van der Waals surface area contributed by atoms with Crippen molar-refractivity contribution >= 4 is 23.5 Å². The summed E-state index contributed by atoms with van der Waals surface area (Å²) in [5, 5.41) is 2.88. The average Bonchev–Trinajstić information content (AvgIpc) is 2.45. The van der Waals surface area contributed by atoms with Gasteiger partial charge >= 0.3 is 0 Å². The number of nitrogens with zero attached hydrogens (tertiary/aromatic N) is 2. The van der Waals surface area contributed by atoms with Crippen LogP contribution in [0.1, 0.15) is 16.1 Å². The standard InChI is InChI=1S/C14H12ClN3O3/c1-8-6-12(15)17-14(16-8)18-13(19)9-2-3-10-11(7-9)21-5-4-20-10/h2-3,6-7H,4-5H2,1H3,(H,16,17,18,19). The van der Waals surface area contributed by atoms with E-state index in [9.17, 15) is 4.79 Å². The molecule has 0 saturated heterocycles. The number of benzene rings is 1. The number of anilines is 1. The molecular weight excluding hydrogens is 294 g/mol. The molecule has 108 valence electrons. The van der Waals surface area contributed by atoms with Gasteiger partial charge in [-0.25, -0.2) is 9.97 Å². The van der Waals surface area contributed by atoms with Crippen LogP contribution in [0.15, 0.2) is 24.3 Å². The van der Waals surface area contributed by atoms with Crippen molar-refractivity contribution in [2.75, 3.05) is 18.5 Å². The number of amides is 1. The molecule has 0 atom stereocenters. The van der Waals surface area contributed by atoms with E-state index >= 15 is 0 Å². The highest BCUT2D eigenvalue weighted by molar-refractivity contribution is 6.29. The fourth-order valence-electron chi connectivity index (χ4n) is 1.94. The molecule has 21 heavy (non-hydrogen) atoms. The highest BCUT2D eigenvalue weighted by atomic mass is 35.5. The second-order valence-electron chi connectivity index (χ2n) is 4.47. The molecule has 2 aromatic rings. The van der Waals surface area contributed by atoms with Gasteiger partial charge in [-0.05, 0) is 31.2 Å². The number of carbonyl (C=O) groups is 1. The first-order chi connectivity index (χ1) is 10.1. The molecule has 0 saturated carbocycles. The molecule has 1 amide bonds. The van der Waals surface area contributed by atoms with Gasteiger partial charge in [0.05, 0.1) is 0 Å². The molecule has 7 heteroatoms. The Morgan fingerprint density at radius 1 is 1.19 bits per heavy atom. The van der Waals surface area contributed by atoms with Crippen molar-refractivity contribution in [2.45, 2.75) is 6.92 Å². The van der Waals surface area contributed by atoms with E-state index in [4.69, 9.17) is 21.1 Å². The van der Waals surface area contributed by atoms with Crippen molar-refractivity contribution in [3.05, 3.63) is 40.7 Å². The SMILES string of the molecule is Cc1cc(Cl)nc(NC(=O)c2ccc3c(c2)OCCO3)n1. The maximum Gasteiger partial charge on any atom is 0.258 e. The monoisotopic (exact) mass is 305 g/mol. The van der Waals surface area contributed by atoms with Crippen molar-refractivity contribution in [3.63, 3.8) is 0 Å². The molecule has 0 spiro atoms. The van der Waals surface area contributed by atoms with Gasteiger partial charge in [-0.15, -0.1) is 0 Å². The van der Waals surface area contributed by atoms with E-state index in [0.29, 0.717) is 36.0 Å². The predicted octanol–water partition coefficient (Wildman–Crippen LogP) is 2.46. The lowest BCUT2D eigenvalue weighted by Gasteiger charge is -2.18. The summed E-state index contributed by atoms with van der Waals surface area (Å²) in [6, 6.07) is 6.59. The number of carbonyl (C=O) groups excluding carboxylic acids is 1. The smallest absolute Gasteiger partial charge is 0.258 e. The third-order valence-corrected chi connectivity index (χ3v) is 3.05. The molecule has 2 heterocycles. The van der Waals surface area contributed by atoms with E-state index in [0.717, 1.165) is 0 Å². The van der Waals surface area contributed by atoms with Crippen LogP contribution in [-0.4, -0.2) is 29.1 Å². The molecule has 0 unspecified atom stereocenters. The van der Waals surface area contributed by atoms with Gasteiger partial charge in [0.1, 0.15) is 18.4 Å². The van der Waals surface area contributed by atoms with E-state index < -0.39 is 0 Å². The molecule has 0 bridgehead atoms. The number of ether oxygens (including phenoxy) is 2. The zero-order valence-corrected chi connectivity index (χ0v) is 12.0. The summed E-state index contributed by atoms with van der Waals surface area (Å²) in [5.74, 6) is 1.01. The molecule has 0 radical (unpaired) electrons.